The van der Waals surface area contributed by atoms with Crippen LogP contribution in [0.5, 0.6) is 0 Å². The van der Waals surface area contributed by atoms with Crippen molar-refractivity contribution < 1.29 is 14.6 Å². The second-order valence-electron chi connectivity index (χ2n) is 16.4. The molecule has 2 aromatic heterocycles. The van der Waals surface area contributed by atoms with Crippen molar-refractivity contribution in [2.24, 2.45) is 5.73 Å². The lowest BCUT2D eigenvalue weighted by atomic mass is 9.86. The molecule has 4 aliphatic rings. The third-order valence-corrected chi connectivity index (χ3v) is 13.8. The van der Waals surface area contributed by atoms with Gasteiger partial charge in [0, 0.05) is 83.7 Å². The summed E-state index contributed by atoms with van der Waals surface area (Å²) in [6, 6.07) is 16.1. The van der Waals surface area contributed by atoms with E-state index in [9.17, 15) is 14.6 Å². The first-order valence-electron chi connectivity index (χ1n) is 21.5. The summed E-state index contributed by atoms with van der Waals surface area (Å²) < 4.78 is 1.99. The van der Waals surface area contributed by atoms with E-state index >= 15 is 0 Å². The van der Waals surface area contributed by atoms with Crippen LogP contribution in [-0.2, 0) is 35.3 Å². The van der Waals surface area contributed by atoms with Crippen LogP contribution in [0.3, 0.4) is 0 Å². The number of carbonyl (C=O) groups excluding carboxylic acids is 2. The van der Waals surface area contributed by atoms with E-state index < -0.39 is 13.1 Å². The number of piperazine rings is 2. The van der Waals surface area contributed by atoms with E-state index in [1.165, 1.54) is 33.4 Å². The summed E-state index contributed by atoms with van der Waals surface area (Å²) in [7, 11) is -0.707. The zero-order valence-corrected chi connectivity index (χ0v) is 39.8. The van der Waals surface area contributed by atoms with Gasteiger partial charge in [-0.05, 0) is 147 Å². The lowest BCUT2D eigenvalue weighted by Gasteiger charge is -2.40. The van der Waals surface area contributed by atoms with Crippen molar-refractivity contribution in [3.05, 3.63) is 125 Å². The van der Waals surface area contributed by atoms with Gasteiger partial charge in [-0.25, -0.2) is 0 Å². The van der Waals surface area contributed by atoms with Crippen LogP contribution < -0.4 is 11.0 Å². The molecular formula is C46H59BBr2Cl2N8O3. The summed E-state index contributed by atoms with van der Waals surface area (Å²) in [5.74, 6) is 0.117. The number of amides is 2. The van der Waals surface area contributed by atoms with E-state index in [1.807, 2.05) is 48.2 Å². The fourth-order valence-electron chi connectivity index (χ4n) is 9.25. The van der Waals surface area contributed by atoms with E-state index in [0.717, 1.165) is 82.2 Å². The maximum absolute atomic E-state index is 13.0. The summed E-state index contributed by atoms with van der Waals surface area (Å²) >= 11 is 19.8. The Morgan fingerprint density at radius 2 is 1.15 bits per heavy atom. The first kappa shape index (κ1) is 48.5. The molecule has 4 heterocycles. The minimum atomic E-state index is -0.707. The maximum Gasteiger partial charge on any atom is 0.374 e. The van der Waals surface area contributed by atoms with Gasteiger partial charge in [0.1, 0.15) is 0 Å². The Bertz CT molecular complexity index is 2100. The number of rotatable bonds is 8. The molecule has 3 unspecified atom stereocenters. The number of benzene rings is 2. The number of aryl methyl sites for hydroxylation is 4. The molecule has 0 radical (unpaired) electrons. The second-order valence-corrected chi connectivity index (χ2v) is 19.1. The van der Waals surface area contributed by atoms with Crippen molar-refractivity contribution >= 4 is 73.9 Å². The number of aromatic nitrogens is 2. The molecule has 8 rings (SSSR count). The first-order chi connectivity index (χ1) is 29.3. The Balaban J connectivity index is 0.000000204. The van der Waals surface area contributed by atoms with Crippen LogP contribution in [0.25, 0.3) is 0 Å². The van der Waals surface area contributed by atoms with Crippen LogP contribution >= 0.6 is 55.1 Å². The average molecular weight is 1010 g/mol. The normalized spacial score (nSPS) is 19.8. The largest absolute Gasteiger partial charge is 0.437 e. The number of nitrogens with one attached hydrogen (secondary N) is 1. The Morgan fingerprint density at radius 1 is 0.726 bits per heavy atom. The summed E-state index contributed by atoms with van der Waals surface area (Å²) in [5.41, 5.74) is 15.8. The highest BCUT2D eigenvalue weighted by Gasteiger charge is 2.36. The van der Waals surface area contributed by atoms with Gasteiger partial charge in [0.05, 0.1) is 35.6 Å². The van der Waals surface area contributed by atoms with Crippen LogP contribution in [-0.4, -0.2) is 118 Å². The molecule has 16 heteroatoms. The van der Waals surface area contributed by atoms with Crippen LogP contribution in [0.1, 0.15) is 91.0 Å². The van der Waals surface area contributed by atoms with Gasteiger partial charge in [-0.2, -0.15) is 0 Å². The lowest BCUT2D eigenvalue weighted by Crippen LogP contribution is -2.56. The van der Waals surface area contributed by atoms with Gasteiger partial charge < -0.3 is 25.8 Å². The number of hydrogen-bond donors (Lipinski definition) is 3. The van der Waals surface area contributed by atoms with E-state index in [1.54, 1.807) is 6.82 Å². The molecule has 2 amide bonds. The van der Waals surface area contributed by atoms with Crippen molar-refractivity contribution in [3.63, 3.8) is 0 Å². The van der Waals surface area contributed by atoms with Crippen molar-refractivity contribution in [1.82, 2.24) is 34.8 Å². The third-order valence-electron chi connectivity index (χ3n) is 12.5. The molecule has 11 nitrogen and oxygen atoms in total. The van der Waals surface area contributed by atoms with Crippen molar-refractivity contribution in [3.8, 4) is 0 Å². The molecule has 62 heavy (non-hydrogen) atoms. The molecule has 2 saturated heterocycles. The smallest absolute Gasteiger partial charge is 0.374 e. The molecule has 0 spiro atoms. The van der Waals surface area contributed by atoms with Gasteiger partial charge >= 0.3 is 7.05 Å². The average Bonchev–Trinajstić information content (AvgIpc) is 3.52. The molecule has 4 N–H and O–H groups in total. The Hall–Kier alpha value is -2.92. The van der Waals surface area contributed by atoms with E-state index in [-0.39, 0.29) is 37.4 Å². The highest BCUT2D eigenvalue weighted by atomic mass is 79.9. The lowest BCUT2D eigenvalue weighted by molar-refractivity contribution is -0.135. The summed E-state index contributed by atoms with van der Waals surface area (Å²) in [5, 5.41) is 14.2. The number of carbonyl (C=O) groups is 2. The van der Waals surface area contributed by atoms with Gasteiger partial charge in [0.15, 0.2) is 0 Å². The van der Waals surface area contributed by atoms with Crippen molar-refractivity contribution in [2.45, 2.75) is 90.8 Å². The predicted octanol–water partition coefficient (Wildman–Crippen LogP) is 7.51. The summed E-state index contributed by atoms with van der Waals surface area (Å²) in [6.07, 6.45) is 8.81. The molecular weight excluding hydrogens is 954 g/mol. The molecule has 2 aromatic carbocycles. The zero-order valence-electron chi connectivity index (χ0n) is 35.1. The van der Waals surface area contributed by atoms with Gasteiger partial charge in [-0.1, -0.05) is 56.6 Å². The number of halogens is 4. The van der Waals surface area contributed by atoms with Gasteiger partial charge in [0.2, 0.25) is 11.8 Å². The number of fused-ring (bicyclic) bond motifs is 4. The van der Waals surface area contributed by atoms with Crippen molar-refractivity contribution in [1.29, 1.82) is 0 Å². The highest BCUT2D eigenvalue weighted by molar-refractivity contribution is 9.10. The number of hydrogen-bond acceptors (Lipinski definition) is 9. The fourth-order valence-corrected chi connectivity index (χ4v) is 10.4. The van der Waals surface area contributed by atoms with Crippen LogP contribution in [0.2, 0.25) is 16.9 Å². The van der Waals surface area contributed by atoms with Crippen LogP contribution in [0.15, 0.2) is 69.9 Å². The SMILES string of the molecule is C.CCC(NB(C)O)C(=O)N1CCN(C2c3ccc(Cl)cc3CCc3cc(Br)cnc32)CC1.CC[C@H](N)C(=O)N1CCN(C2c3ccc(Cl)cc3CCc3cc(Br)cnc32)CC1. The first-order valence-corrected chi connectivity index (χ1v) is 23.8. The minimum Gasteiger partial charge on any atom is -0.437 e. The number of pyridine rings is 2. The van der Waals surface area contributed by atoms with E-state index in [0.29, 0.717) is 39.0 Å². The zero-order chi connectivity index (χ0) is 43.4. The molecule has 2 fully saturated rings. The highest BCUT2D eigenvalue weighted by Crippen LogP contribution is 2.40. The molecule has 332 valence electrons. The second kappa shape index (κ2) is 21.8. The fraction of sp³-hybridized carbons (Fsp3) is 0.478. The molecule has 2 aliphatic heterocycles. The van der Waals surface area contributed by atoms with Gasteiger partial charge in [-0.3, -0.25) is 29.4 Å². The minimum absolute atomic E-state index is 0. The third kappa shape index (κ3) is 11.1. The summed E-state index contributed by atoms with van der Waals surface area (Å²) in [4.78, 5) is 43.8. The molecule has 4 aromatic rings. The van der Waals surface area contributed by atoms with Crippen molar-refractivity contribution in [2.75, 3.05) is 52.4 Å². The Labute approximate surface area is 394 Å². The Kier molecular flexibility index (Phi) is 17.1. The topological polar surface area (TPSA) is 131 Å². The van der Waals surface area contributed by atoms with Crippen LogP contribution in [0.4, 0.5) is 0 Å². The molecule has 2 aliphatic carbocycles. The molecule has 4 atom stereocenters. The Morgan fingerprint density at radius 3 is 1.55 bits per heavy atom. The van der Waals surface area contributed by atoms with E-state index in [2.05, 4.69) is 83.3 Å². The summed E-state index contributed by atoms with van der Waals surface area (Å²) in [6.45, 7) is 11.4. The van der Waals surface area contributed by atoms with E-state index in [4.69, 9.17) is 38.9 Å². The van der Waals surface area contributed by atoms with Gasteiger partial charge in [0.25, 0.3) is 0 Å². The van der Waals surface area contributed by atoms with Crippen LogP contribution in [0, 0.1) is 0 Å². The monoisotopic (exact) mass is 1010 g/mol. The number of nitrogens with two attached hydrogens (primary N) is 1. The predicted molar refractivity (Wildman–Crippen MR) is 258 cm³/mol. The molecule has 0 bridgehead atoms. The van der Waals surface area contributed by atoms with Gasteiger partial charge in [-0.15, -0.1) is 0 Å². The quantitative estimate of drug-likeness (QED) is 0.154. The standard InChI is InChI=1S/C23H29BBrClN4O2.C22H26BrClN4O.CH4/c1-3-20(28-24(2)32)23(31)30-10-8-29(9-11-30)22-19-7-6-18(26)13-15(19)4-5-16-12-17(25)14-27-21(16)22;1-2-19(25)22(29)28-9-7-27(8-10-28)21-18-6-5-17(24)12-14(18)3-4-15-11-16(23)13-26-20(15)21;/h6-7,12-14,20,22,28,32H,3-5,8-11H2,1-2H3;5-6,11-13,19,21H,2-4,7-10,25H2,1H3;1H4/t;19-,21?;/m.0./s1. The number of nitrogens with zero attached hydrogens (tertiary/aromatic N) is 6. The molecule has 0 saturated carbocycles. The maximum atomic E-state index is 13.0.